The van der Waals surface area contributed by atoms with Gasteiger partial charge in [-0.2, -0.15) is 0 Å². The molecule has 0 spiro atoms. The van der Waals surface area contributed by atoms with Crippen molar-refractivity contribution in [3.63, 3.8) is 0 Å². The fraction of sp³-hybridized carbons (Fsp3) is 0.818. The van der Waals surface area contributed by atoms with Crippen molar-refractivity contribution >= 4 is 11.9 Å². The summed E-state index contributed by atoms with van der Waals surface area (Å²) in [7, 11) is 0. The topological polar surface area (TPSA) is 78.0 Å². The SMILES string of the molecule is CCNC1(CC)N=C(N)NC(N(CC)CC)=N1. The molecule has 6 heteroatoms. The zero-order valence-corrected chi connectivity index (χ0v) is 11.2. The van der Waals surface area contributed by atoms with Gasteiger partial charge in [-0.3, -0.25) is 10.6 Å². The zero-order chi connectivity index (χ0) is 12.9. The Morgan fingerprint density at radius 1 is 1.24 bits per heavy atom. The fourth-order valence-electron chi connectivity index (χ4n) is 1.89. The van der Waals surface area contributed by atoms with Gasteiger partial charge in [0.1, 0.15) is 0 Å². The van der Waals surface area contributed by atoms with Crippen molar-refractivity contribution in [2.75, 3.05) is 19.6 Å². The summed E-state index contributed by atoms with van der Waals surface area (Å²) in [5.74, 6) is 0.608. The van der Waals surface area contributed by atoms with Crippen molar-refractivity contribution in [1.29, 1.82) is 0 Å². The summed E-state index contributed by atoms with van der Waals surface area (Å²) in [4.78, 5) is 11.2. The Balaban J connectivity index is 3.00. The summed E-state index contributed by atoms with van der Waals surface area (Å²) in [5.41, 5.74) is 5.85. The van der Waals surface area contributed by atoms with E-state index in [0.717, 1.165) is 32.0 Å². The Morgan fingerprint density at radius 2 is 1.88 bits per heavy atom. The normalized spacial score (nSPS) is 23.8. The van der Waals surface area contributed by atoms with Crippen LogP contribution in [0.5, 0.6) is 0 Å². The molecule has 0 aromatic heterocycles. The van der Waals surface area contributed by atoms with Gasteiger partial charge < -0.3 is 10.6 Å². The van der Waals surface area contributed by atoms with Crippen LogP contribution in [-0.2, 0) is 0 Å². The molecular formula is C11H24N6. The third-order valence-corrected chi connectivity index (χ3v) is 2.85. The molecule has 0 aromatic carbocycles. The lowest BCUT2D eigenvalue weighted by atomic mass is 10.2. The highest BCUT2D eigenvalue weighted by atomic mass is 15.4. The Kier molecular flexibility index (Phi) is 4.74. The molecule has 0 saturated heterocycles. The molecule has 1 atom stereocenters. The molecular weight excluding hydrogens is 216 g/mol. The van der Waals surface area contributed by atoms with E-state index in [1.54, 1.807) is 0 Å². The van der Waals surface area contributed by atoms with Crippen molar-refractivity contribution in [2.45, 2.75) is 39.9 Å². The number of hydrogen-bond acceptors (Lipinski definition) is 6. The van der Waals surface area contributed by atoms with Crippen LogP contribution >= 0.6 is 0 Å². The Hall–Kier alpha value is -1.30. The smallest absolute Gasteiger partial charge is 0.211 e. The van der Waals surface area contributed by atoms with Gasteiger partial charge in [-0.1, -0.05) is 13.8 Å². The van der Waals surface area contributed by atoms with Crippen LogP contribution in [0.3, 0.4) is 0 Å². The molecule has 17 heavy (non-hydrogen) atoms. The lowest BCUT2D eigenvalue weighted by Gasteiger charge is -2.34. The van der Waals surface area contributed by atoms with E-state index in [1.807, 2.05) is 13.8 Å². The van der Waals surface area contributed by atoms with Gasteiger partial charge in [0.05, 0.1) is 0 Å². The lowest BCUT2D eigenvalue weighted by molar-refractivity contribution is 0.330. The lowest BCUT2D eigenvalue weighted by Crippen LogP contribution is -2.56. The molecule has 6 nitrogen and oxygen atoms in total. The molecule has 0 aromatic rings. The van der Waals surface area contributed by atoms with Gasteiger partial charge >= 0.3 is 0 Å². The predicted molar refractivity (Wildman–Crippen MR) is 71.8 cm³/mol. The van der Waals surface area contributed by atoms with Gasteiger partial charge in [0.25, 0.3) is 0 Å². The zero-order valence-electron chi connectivity index (χ0n) is 11.2. The molecule has 1 unspecified atom stereocenters. The summed E-state index contributed by atoms with van der Waals surface area (Å²) >= 11 is 0. The molecule has 0 saturated carbocycles. The van der Waals surface area contributed by atoms with E-state index in [0.29, 0.717) is 5.96 Å². The molecule has 0 amide bonds. The van der Waals surface area contributed by atoms with E-state index >= 15 is 0 Å². The molecule has 0 radical (unpaired) electrons. The maximum atomic E-state index is 5.85. The van der Waals surface area contributed by atoms with Crippen molar-refractivity contribution in [3.8, 4) is 0 Å². The van der Waals surface area contributed by atoms with Gasteiger partial charge in [0.2, 0.25) is 11.7 Å². The standard InChI is InChI=1S/C11H24N6/c1-5-11(13-6-2)15-9(12)14-10(16-11)17(7-3)8-4/h13H,5-8H2,1-4H3,(H3,12,14,15,16). The second kappa shape index (κ2) is 5.86. The summed E-state index contributed by atoms with van der Waals surface area (Å²) in [6.07, 6.45) is 0.772. The first-order valence-corrected chi connectivity index (χ1v) is 6.32. The molecule has 1 rings (SSSR count). The largest absolute Gasteiger partial charge is 0.370 e. The van der Waals surface area contributed by atoms with E-state index in [4.69, 9.17) is 5.73 Å². The highest BCUT2D eigenvalue weighted by Gasteiger charge is 2.31. The minimum absolute atomic E-state index is 0.421. The fourth-order valence-corrected chi connectivity index (χ4v) is 1.89. The van der Waals surface area contributed by atoms with E-state index < -0.39 is 5.79 Å². The maximum absolute atomic E-state index is 5.85. The van der Waals surface area contributed by atoms with Gasteiger partial charge in [-0.15, -0.1) is 0 Å². The highest BCUT2D eigenvalue weighted by molar-refractivity contribution is 5.99. The molecule has 98 valence electrons. The first-order valence-electron chi connectivity index (χ1n) is 6.32. The van der Waals surface area contributed by atoms with Gasteiger partial charge in [0.15, 0.2) is 5.96 Å². The van der Waals surface area contributed by atoms with E-state index in [1.165, 1.54) is 0 Å². The molecule has 0 fully saturated rings. The van der Waals surface area contributed by atoms with Crippen LogP contribution in [0.4, 0.5) is 0 Å². The van der Waals surface area contributed by atoms with Crippen molar-refractivity contribution in [2.24, 2.45) is 15.7 Å². The first kappa shape index (κ1) is 13.8. The van der Waals surface area contributed by atoms with Crippen LogP contribution in [0.15, 0.2) is 9.98 Å². The number of guanidine groups is 2. The summed E-state index contributed by atoms with van der Waals surface area (Å²) in [6, 6.07) is 0. The van der Waals surface area contributed by atoms with Crippen molar-refractivity contribution in [1.82, 2.24) is 15.5 Å². The number of nitrogens with two attached hydrogens (primary N) is 1. The molecule has 0 aliphatic carbocycles. The van der Waals surface area contributed by atoms with Crippen LogP contribution in [0.2, 0.25) is 0 Å². The highest BCUT2D eigenvalue weighted by Crippen LogP contribution is 2.17. The summed E-state index contributed by atoms with van der Waals surface area (Å²) in [5, 5.41) is 6.32. The predicted octanol–water partition coefficient (Wildman–Crippen LogP) is 0.275. The average Bonchev–Trinajstić information content (AvgIpc) is 2.30. The molecule has 4 N–H and O–H groups in total. The van der Waals surface area contributed by atoms with Crippen molar-refractivity contribution in [3.05, 3.63) is 0 Å². The maximum Gasteiger partial charge on any atom is 0.211 e. The average molecular weight is 240 g/mol. The van der Waals surface area contributed by atoms with Crippen LogP contribution in [0.1, 0.15) is 34.1 Å². The summed E-state index contributed by atoms with van der Waals surface area (Å²) in [6.45, 7) is 10.9. The number of nitrogens with one attached hydrogen (secondary N) is 2. The van der Waals surface area contributed by atoms with E-state index in [2.05, 4.69) is 39.4 Å². The van der Waals surface area contributed by atoms with Gasteiger partial charge in [0, 0.05) is 19.5 Å². The van der Waals surface area contributed by atoms with Crippen molar-refractivity contribution < 1.29 is 0 Å². The molecule has 1 aliphatic rings. The third kappa shape index (κ3) is 3.09. The first-order chi connectivity index (χ1) is 8.10. The van der Waals surface area contributed by atoms with Crippen LogP contribution < -0.4 is 16.4 Å². The van der Waals surface area contributed by atoms with Crippen LogP contribution in [0, 0.1) is 0 Å². The van der Waals surface area contributed by atoms with Gasteiger partial charge in [-0.25, -0.2) is 9.98 Å². The second-order valence-electron chi connectivity index (χ2n) is 3.93. The van der Waals surface area contributed by atoms with E-state index in [-0.39, 0.29) is 0 Å². The molecule has 1 heterocycles. The number of nitrogens with zero attached hydrogens (tertiary/aromatic N) is 3. The third-order valence-electron chi connectivity index (χ3n) is 2.85. The Labute approximate surface area is 103 Å². The molecule has 1 aliphatic heterocycles. The number of hydrogen-bond donors (Lipinski definition) is 3. The Bertz CT molecular complexity index is 307. The number of aliphatic imine (C=N–C) groups is 2. The minimum atomic E-state index is -0.609. The number of rotatable bonds is 5. The Morgan fingerprint density at radius 3 is 2.35 bits per heavy atom. The monoisotopic (exact) mass is 240 g/mol. The molecule has 0 bridgehead atoms. The second-order valence-corrected chi connectivity index (χ2v) is 3.93. The van der Waals surface area contributed by atoms with Crippen LogP contribution in [-0.4, -0.2) is 42.2 Å². The quantitative estimate of drug-likeness (QED) is 0.645. The van der Waals surface area contributed by atoms with E-state index in [9.17, 15) is 0 Å². The minimum Gasteiger partial charge on any atom is -0.370 e. The van der Waals surface area contributed by atoms with Gasteiger partial charge in [-0.05, 0) is 20.4 Å². The summed E-state index contributed by atoms with van der Waals surface area (Å²) < 4.78 is 0. The van der Waals surface area contributed by atoms with Crippen LogP contribution in [0.25, 0.3) is 0 Å².